The van der Waals surface area contributed by atoms with Gasteiger partial charge in [-0.15, -0.1) is 0 Å². The van der Waals surface area contributed by atoms with E-state index in [1.54, 1.807) is 18.1 Å². The van der Waals surface area contributed by atoms with E-state index in [1.807, 2.05) is 38.1 Å². The van der Waals surface area contributed by atoms with Gasteiger partial charge in [0.1, 0.15) is 22.6 Å². The van der Waals surface area contributed by atoms with Crippen molar-refractivity contribution >= 4 is 22.9 Å². The summed E-state index contributed by atoms with van der Waals surface area (Å²) in [6.07, 6.45) is 3.32. The number of rotatable bonds is 4. The van der Waals surface area contributed by atoms with Crippen LogP contribution in [0.5, 0.6) is 5.75 Å². The van der Waals surface area contributed by atoms with Gasteiger partial charge in [0, 0.05) is 4.90 Å². The Bertz CT molecular complexity index is 726. The largest absolute Gasteiger partial charge is 0.491 e. The maximum atomic E-state index is 5.70. The highest BCUT2D eigenvalue weighted by Crippen LogP contribution is 2.31. The van der Waals surface area contributed by atoms with Gasteiger partial charge in [-0.3, -0.25) is 0 Å². The molecule has 6 heteroatoms. The van der Waals surface area contributed by atoms with Crippen molar-refractivity contribution in [2.24, 2.45) is 0 Å². The van der Waals surface area contributed by atoms with Crippen LogP contribution in [-0.4, -0.2) is 26.0 Å². The molecular weight excluding hydrogens is 272 g/mol. The van der Waals surface area contributed by atoms with Crippen LogP contribution in [0, 0.1) is 0 Å². The van der Waals surface area contributed by atoms with E-state index in [2.05, 4.69) is 19.9 Å². The third kappa shape index (κ3) is 2.75. The number of H-pyrrole nitrogens is 1. The zero-order valence-corrected chi connectivity index (χ0v) is 12.0. The van der Waals surface area contributed by atoms with E-state index < -0.39 is 0 Å². The monoisotopic (exact) mass is 286 g/mol. The molecule has 0 fully saturated rings. The van der Waals surface area contributed by atoms with Crippen LogP contribution < -0.4 is 4.74 Å². The molecule has 2 heterocycles. The first-order valence-corrected chi connectivity index (χ1v) is 7.12. The molecule has 0 saturated heterocycles. The van der Waals surface area contributed by atoms with Crippen LogP contribution in [0.1, 0.15) is 13.8 Å². The van der Waals surface area contributed by atoms with Crippen LogP contribution in [0.15, 0.2) is 46.8 Å². The second-order valence-corrected chi connectivity index (χ2v) is 5.59. The number of nitrogens with one attached hydrogen (secondary N) is 1. The normalized spacial score (nSPS) is 11.2. The lowest BCUT2D eigenvalue weighted by Crippen LogP contribution is -2.05. The number of benzene rings is 1. The molecule has 0 unspecified atom stereocenters. The molecule has 3 aromatic rings. The maximum absolute atomic E-state index is 5.70. The van der Waals surface area contributed by atoms with Gasteiger partial charge in [0.15, 0.2) is 5.65 Å². The second-order valence-electron chi connectivity index (χ2n) is 4.52. The summed E-state index contributed by atoms with van der Waals surface area (Å²) < 4.78 is 5.70. The van der Waals surface area contributed by atoms with Crippen molar-refractivity contribution in [3.8, 4) is 5.75 Å². The molecule has 20 heavy (non-hydrogen) atoms. The molecule has 1 aromatic carbocycles. The Labute approximate surface area is 120 Å². The number of imidazole rings is 1. The molecule has 0 radical (unpaired) electrons. The van der Waals surface area contributed by atoms with E-state index in [-0.39, 0.29) is 6.10 Å². The highest BCUT2D eigenvalue weighted by atomic mass is 32.2. The fourth-order valence-corrected chi connectivity index (χ4v) is 2.71. The molecule has 3 rings (SSSR count). The number of hydrogen-bond donors (Lipinski definition) is 1. The van der Waals surface area contributed by atoms with Crippen LogP contribution in [0.3, 0.4) is 0 Å². The fraction of sp³-hybridized carbons (Fsp3) is 0.214. The van der Waals surface area contributed by atoms with Crippen molar-refractivity contribution in [1.29, 1.82) is 0 Å². The molecule has 0 amide bonds. The quantitative estimate of drug-likeness (QED) is 0.746. The van der Waals surface area contributed by atoms with Gasteiger partial charge in [-0.25, -0.2) is 15.0 Å². The third-order valence-electron chi connectivity index (χ3n) is 2.58. The number of nitrogens with zero attached hydrogens (tertiary/aromatic N) is 3. The van der Waals surface area contributed by atoms with E-state index >= 15 is 0 Å². The molecule has 0 aliphatic rings. The SMILES string of the molecule is CC(C)Oc1cccc(Sc2ncnc3nc[nH]c23)c1. The van der Waals surface area contributed by atoms with Crippen molar-refractivity contribution in [1.82, 2.24) is 19.9 Å². The van der Waals surface area contributed by atoms with Crippen molar-refractivity contribution in [2.75, 3.05) is 0 Å². The van der Waals surface area contributed by atoms with Crippen LogP contribution >= 0.6 is 11.8 Å². The summed E-state index contributed by atoms with van der Waals surface area (Å²) in [6.45, 7) is 4.02. The highest BCUT2D eigenvalue weighted by molar-refractivity contribution is 7.99. The summed E-state index contributed by atoms with van der Waals surface area (Å²) in [7, 11) is 0. The highest BCUT2D eigenvalue weighted by Gasteiger charge is 2.08. The Balaban J connectivity index is 1.89. The molecule has 1 N–H and O–H groups in total. The van der Waals surface area contributed by atoms with Crippen LogP contribution in [0.25, 0.3) is 11.2 Å². The zero-order valence-electron chi connectivity index (χ0n) is 11.2. The fourth-order valence-electron chi connectivity index (χ4n) is 1.82. The molecule has 0 saturated carbocycles. The maximum Gasteiger partial charge on any atom is 0.181 e. The Hall–Kier alpha value is -2.08. The summed E-state index contributed by atoms with van der Waals surface area (Å²) in [5.74, 6) is 0.861. The van der Waals surface area contributed by atoms with Gasteiger partial charge in [0.05, 0.1) is 12.4 Å². The van der Waals surface area contributed by atoms with Crippen LogP contribution in [-0.2, 0) is 0 Å². The summed E-state index contributed by atoms with van der Waals surface area (Å²) in [5, 5.41) is 0.856. The lowest BCUT2D eigenvalue weighted by Gasteiger charge is -2.10. The number of ether oxygens (including phenoxy) is 1. The van der Waals surface area contributed by atoms with E-state index in [9.17, 15) is 0 Å². The van der Waals surface area contributed by atoms with Crippen molar-refractivity contribution in [3.63, 3.8) is 0 Å². The molecule has 0 aliphatic heterocycles. The van der Waals surface area contributed by atoms with E-state index in [4.69, 9.17) is 4.74 Å². The van der Waals surface area contributed by atoms with E-state index in [0.29, 0.717) is 5.65 Å². The molecule has 0 atom stereocenters. The molecule has 2 aromatic heterocycles. The molecule has 0 bridgehead atoms. The van der Waals surface area contributed by atoms with Gasteiger partial charge in [0.2, 0.25) is 0 Å². The number of aromatic amines is 1. The van der Waals surface area contributed by atoms with Gasteiger partial charge in [0.25, 0.3) is 0 Å². The standard InChI is InChI=1S/C14H14N4OS/c1-9(2)19-10-4-3-5-11(6-10)20-14-12-13(16-7-15-12)17-8-18-14/h3-9H,1-2H3,(H,15,16,17,18). The Morgan fingerprint density at radius 1 is 1.20 bits per heavy atom. The number of fused-ring (bicyclic) bond motifs is 1. The van der Waals surface area contributed by atoms with Crippen molar-refractivity contribution in [2.45, 2.75) is 29.9 Å². The van der Waals surface area contributed by atoms with Crippen LogP contribution in [0.4, 0.5) is 0 Å². The molecule has 102 valence electrons. The number of hydrogen-bond acceptors (Lipinski definition) is 5. The Kier molecular flexibility index (Phi) is 3.56. The minimum Gasteiger partial charge on any atom is -0.491 e. The predicted molar refractivity (Wildman–Crippen MR) is 78.0 cm³/mol. The van der Waals surface area contributed by atoms with Crippen molar-refractivity contribution < 1.29 is 4.74 Å². The average Bonchev–Trinajstić information content (AvgIpc) is 2.88. The third-order valence-corrected chi connectivity index (χ3v) is 3.57. The van der Waals surface area contributed by atoms with Gasteiger partial charge < -0.3 is 9.72 Å². The summed E-state index contributed by atoms with van der Waals surface area (Å²) in [6, 6.07) is 7.97. The molecule has 0 aliphatic carbocycles. The average molecular weight is 286 g/mol. The minimum atomic E-state index is 0.161. The van der Waals surface area contributed by atoms with Crippen LogP contribution in [0.2, 0.25) is 0 Å². The molecule has 5 nitrogen and oxygen atoms in total. The lowest BCUT2D eigenvalue weighted by molar-refractivity contribution is 0.242. The van der Waals surface area contributed by atoms with Gasteiger partial charge in [-0.2, -0.15) is 0 Å². The second kappa shape index (κ2) is 5.50. The summed E-state index contributed by atoms with van der Waals surface area (Å²) in [4.78, 5) is 16.7. The van der Waals surface area contributed by atoms with Crippen molar-refractivity contribution in [3.05, 3.63) is 36.9 Å². The minimum absolute atomic E-state index is 0.161. The van der Waals surface area contributed by atoms with Gasteiger partial charge in [-0.05, 0) is 32.0 Å². The van der Waals surface area contributed by atoms with Gasteiger partial charge >= 0.3 is 0 Å². The van der Waals surface area contributed by atoms with Gasteiger partial charge in [-0.1, -0.05) is 17.8 Å². The summed E-state index contributed by atoms with van der Waals surface area (Å²) in [5.41, 5.74) is 1.53. The molecule has 0 spiro atoms. The topological polar surface area (TPSA) is 63.7 Å². The van der Waals surface area contributed by atoms with E-state index in [1.165, 1.54) is 6.33 Å². The smallest absolute Gasteiger partial charge is 0.181 e. The first kappa shape index (κ1) is 12.9. The predicted octanol–water partition coefficient (Wildman–Crippen LogP) is 3.29. The van der Waals surface area contributed by atoms with E-state index in [0.717, 1.165) is 21.2 Å². The number of aromatic nitrogens is 4. The first-order chi connectivity index (χ1) is 9.72. The lowest BCUT2D eigenvalue weighted by atomic mass is 10.3. The molecular formula is C14H14N4OS. The Morgan fingerprint density at radius 2 is 2.10 bits per heavy atom. The summed E-state index contributed by atoms with van der Waals surface area (Å²) >= 11 is 1.56. The first-order valence-electron chi connectivity index (χ1n) is 6.31. The zero-order chi connectivity index (χ0) is 13.9. The Morgan fingerprint density at radius 3 is 2.95 bits per heavy atom.